The lowest BCUT2D eigenvalue weighted by molar-refractivity contribution is 0.0108. The number of para-hydroxylation sites is 4. The van der Waals surface area contributed by atoms with E-state index in [1.165, 1.54) is 28.1 Å². The van der Waals surface area contributed by atoms with Gasteiger partial charge in [-0.3, -0.25) is 18.3 Å². The number of carbonyl (C=O) groups excluding carboxylic acids is 2. The summed E-state index contributed by atoms with van der Waals surface area (Å²) in [4.78, 5) is 54.1. The Kier molecular flexibility index (Phi) is 6.47. The highest BCUT2D eigenvalue weighted by molar-refractivity contribution is 5.77. The summed E-state index contributed by atoms with van der Waals surface area (Å²) in [7, 11) is 3.34. The molecule has 2 aromatic heterocycles. The lowest BCUT2D eigenvalue weighted by Gasteiger charge is -2.34. The third kappa shape index (κ3) is 4.21. The first-order valence-corrected chi connectivity index (χ1v) is 12.4. The van der Waals surface area contributed by atoms with Gasteiger partial charge >= 0.3 is 23.6 Å². The number of carbonyl (C=O) groups is 2. The summed E-state index contributed by atoms with van der Waals surface area (Å²) in [5.74, 6) is 0. The Morgan fingerprint density at radius 2 is 0.947 bits per heavy atom. The van der Waals surface area contributed by atoms with Crippen LogP contribution in [-0.4, -0.2) is 66.4 Å². The fraction of sp³-hybridized carbons (Fsp3) is 0.385. The Hall–Kier alpha value is -4.48. The molecule has 0 saturated carbocycles. The Morgan fingerprint density at radius 3 is 1.29 bits per heavy atom. The van der Waals surface area contributed by atoms with Crippen LogP contribution in [0.25, 0.3) is 22.1 Å². The fourth-order valence-corrected chi connectivity index (χ4v) is 4.96. The summed E-state index contributed by atoms with van der Waals surface area (Å²) in [6, 6.07) is 14.6. The number of fused-ring (bicyclic) bond motifs is 2. The molecule has 1 fully saturated rings. The van der Waals surface area contributed by atoms with Crippen LogP contribution >= 0.6 is 0 Å². The van der Waals surface area contributed by atoms with Crippen LogP contribution in [0.5, 0.6) is 0 Å². The Balaban J connectivity index is 1.20. The van der Waals surface area contributed by atoms with E-state index >= 15 is 0 Å². The standard InChI is InChI=1S/C26H30N6O6/c1-17(31-21-11-7-5-9-19(21)27(3)23(31)33)37-25(35)29-13-15-30(16-14-29)26(36)38-18(2)32-22-12-8-6-10-20(22)28(4)24(32)34/h5-12,17-18H,13-16H2,1-4H3/t17-,18-/m1/s1. The normalized spacial score (nSPS) is 15.6. The summed E-state index contributed by atoms with van der Waals surface area (Å²) < 4.78 is 17.1. The van der Waals surface area contributed by atoms with E-state index in [0.717, 1.165) is 11.0 Å². The molecule has 1 saturated heterocycles. The van der Waals surface area contributed by atoms with E-state index in [0.29, 0.717) is 11.0 Å². The van der Waals surface area contributed by atoms with Crippen molar-refractivity contribution < 1.29 is 19.1 Å². The first-order valence-electron chi connectivity index (χ1n) is 12.4. The van der Waals surface area contributed by atoms with Crippen LogP contribution in [0.15, 0.2) is 58.1 Å². The molecule has 1 aliphatic rings. The van der Waals surface area contributed by atoms with Gasteiger partial charge in [0.2, 0.25) is 0 Å². The zero-order chi connectivity index (χ0) is 27.1. The number of rotatable bonds is 4. The van der Waals surface area contributed by atoms with E-state index in [2.05, 4.69) is 0 Å². The first-order chi connectivity index (χ1) is 18.2. The number of imidazole rings is 2. The van der Waals surface area contributed by atoms with Gasteiger partial charge in [-0.1, -0.05) is 24.3 Å². The Labute approximate surface area is 217 Å². The maximum absolute atomic E-state index is 12.8. The number of aryl methyl sites for hydroxylation is 2. The number of amides is 2. The largest absolute Gasteiger partial charge is 0.425 e. The van der Waals surface area contributed by atoms with Crippen LogP contribution < -0.4 is 11.4 Å². The van der Waals surface area contributed by atoms with Gasteiger partial charge in [0, 0.05) is 40.3 Å². The van der Waals surface area contributed by atoms with Gasteiger partial charge in [0.1, 0.15) is 0 Å². The van der Waals surface area contributed by atoms with E-state index in [1.807, 2.05) is 36.4 Å². The van der Waals surface area contributed by atoms with Crippen LogP contribution in [0.1, 0.15) is 26.3 Å². The molecule has 0 radical (unpaired) electrons. The summed E-state index contributed by atoms with van der Waals surface area (Å²) in [6.45, 7) is 4.27. The van der Waals surface area contributed by atoms with E-state index in [4.69, 9.17) is 9.47 Å². The Bertz CT molecular complexity index is 1520. The minimum atomic E-state index is -0.816. The van der Waals surface area contributed by atoms with Crippen molar-refractivity contribution in [1.29, 1.82) is 0 Å². The molecule has 2 aromatic carbocycles. The first kappa shape index (κ1) is 25.2. The zero-order valence-corrected chi connectivity index (χ0v) is 21.7. The highest BCUT2D eigenvalue weighted by Gasteiger charge is 2.29. The highest BCUT2D eigenvalue weighted by Crippen LogP contribution is 2.20. The second kappa shape index (κ2) is 9.77. The van der Waals surface area contributed by atoms with Crippen LogP contribution in [0.3, 0.4) is 0 Å². The summed E-state index contributed by atoms with van der Waals surface area (Å²) >= 11 is 0. The van der Waals surface area contributed by atoms with Gasteiger partial charge in [-0.25, -0.2) is 19.2 Å². The topological polar surface area (TPSA) is 113 Å². The number of nitrogens with zero attached hydrogens (tertiary/aromatic N) is 6. The molecular formula is C26H30N6O6. The summed E-state index contributed by atoms with van der Waals surface area (Å²) in [6.07, 6.45) is -2.77. The molecule has 2 atom stereocenters. The predicted octanol–water partition coefficient (Wildman–Crippen LogP) is 2.62. The molecule has 0 bridgehead atoms. The third-order valence-corrected chi connectivity index (χ3v) is 7.06. The van der Waals surface area contributed by atoms with E-state index in [9.17, 15) is 19.2 Å². The van der Waals surface area contributed by atoms with Gasteiger partial charge in [-0.2, -0.15) is 0 Å². The Morgan fingerprint density at radius 1 is 0.632 bits per heavy atom. The van der Waals surface area contributed by atoms with Crippen molar-refractivity contribution in [2.45, 2.75) is 26.3 Å². The van der Waals surface area contributed by atoms with E-state index in [1.54, 1.807) is 40.1 Å². The minimum Gasteiger partial charge on any atom is -0.425 e. The summed E-state index contributed by atoms with van der Waals surface area (Å²) in [5, 5.41) is 0. The van der Waals surface area contributed by atoms with Crippen LogP contribution in [-0.2, 0) is 23.6 Å². The van der Waals surface area contributed by atoms with Crippen LogP contribution in [0.2, 0.25) is 0 Å². The number of aromatic nitrogens is 4. The zero-order valence-electron chi connectivity index (χ0n) is 21.7. The van der Waals surface area contributed by atoms with Crippen molar-refractivity contribution in [1.82, 2.24) is 28.1 Å². The molecule has 0 unspecified atom stereocenters. The average molecular weight is 523 g/mol. The van der Waals surface area contributed by atoms with Gasteiger partial charge in [0.15, 0.2) is 12.5 Å². The molecule has 0 aliphatic carbocycles. The molecule has 200 valence electrons. The number of benzene rings is 2. The lowest BCUT2D eigenvalue weighted by atomic mass is 10.3. The maximum Gasteiger partial charge on any atom is 0.411 e. The number of piperazine rings is 1. The molecule has 12 heteroatoms. The van der Waals surface area contributed by atoms with Crippen molar-refractivity contribution in [2.24, 2.45) is 14.1 Å². The fourth-order valence-electron chi connectivity index (χ4n) is 4.96. The molecule has 5 rings (SSSR count). The average Bonchev–Trinajstić information content (AvgIpc) is 3.33. The monoisotopic (exact) mass is 522 g/mol. The van der Waals surface area contributed by atoms with Crippen molar-refractivity contribution in [3.05, 3.63) is 69.5 Å². The molecule has 38 heavy (non-hydrogen) atoms. The quantitative estimate of drug-likeness (QED) is 0.407. The van der Waals surface area contributed by atoms with Gasteiger partial charge in [-0.15, -0.1) is 0 Å². The molecular weight excluding hydrogens is 492 g/mol. The highest BCUT2D eigenvalue weighted by atomic mass is 16.6. The van der Waals surface area contributed by atoms with Crippen molar-refractivity contribution in [3.63, 3.8) is 0 Å². The molecule has 1 aliphatic heterocycles. The van der Waals surface area contributed by atoms with Crippen LogP contribution in [0, 0.1) is 0 Å². The van der Waals surface area contributed by atoms with Crippen molar-refractivity contribution in [3.8, 4) is 0 Å². The maximum atomic E-state index is 12.8. The van der Waals surface area contributed by atoms with Gasteiger partial charge < -0.3 is 19.3 Å². The molecule has 4 aromatic rings. The molecule has 3 heterocycles. The molecule has 12 nitrogen and oxygen atoms in total. The van der Waals surface area contributed by atoms with E-state index < -0.39 is 24.6 Å². The molecule has 2 amide bonds. The third-order valence-electron chi connectivity index (χ3n) is 7.06. The second-order valence-corrected chi connectivity index (χ2v) is 9.34. The van der Waals surface area contributed by atoms with Crippen molar-refractivity contribution >= 4 is 34.3 Å². The SMILES string of the molecule is C[C@@H](OC(=O)N1CCN(C(=O)O[C@H](C)n2c(=O)n(C)c3ccccc32)CC1)n1c(=O)n(C)c2ccccc21. The van der Waals surface area contributed by atoms with E-state index in [-0.39, 0.29) is 37.6 Å². The van der Waals surface area contributed by atoms with Gasteiger partial charge in [0.25, 0.3) is 0 Å². The summed E-state index contributed by atoms with van der Waals surface area (Å²) in [5.41, 5.74) is 2.27. The minimum absolute atomic E-state index is 0.244. The van der Waals surface area contributed by atoms with Gasteiger partial charge in [-0.05, 0) is 38.1 Å². The smallest absolute Gasteiger partial charge is 0.411 e. The number of hydrogen-bond donors (Lipinski definition) is 0. The van der Waals surface area contributed by atoms with Crippen molar-refractivity contribution in [2.75, 3.05) is 26.2 Å². The van der Waals surface area contributed by atoms with Gasteiger partial charge in [0.05, 0.1) is 22.1 Å². The molecule has 0 spiro atoms. The number of ether oxygens (including phenoxy) is 2. The second-order valence-electron chi connectivity index (χ2n) is 9.34. The predicted molar refractivity (Wildman–Crippen MR) is 140 cm³/mol. The lowest BCUT2D eigenvalue weighted by Crippen LogP contribution is -2.51. The molecule has 0 N–H and O–H groups in total. The number of hydrogen-bond acceptors (Lipinski definition) is 6. The van der Waals surface area contributed by atoms with Crippen LogP contribution in [0.4, 0.5) is 9.59 Å².